The molecule has 6 nitrogen and oxygen atoms in total. The molecule has 0 unspecified atom stereocenters. The van der Waals surface area contributed by atoms with Gasteiger partial charge in [-0.25, -0.2) is 4.98 Å². The van der Waals surface area contributed by atoms with E-state index in [2.05, 4.69) is 9.88 Å². The molecule has 3 heterocycles. The van der Waals surface area contributed by atoms with Crippen LogP contribution in [-0.4, -0.2) is 72.3 Å². The number of ether oxygens (including phenoxy) is 2. The van der Waals surface area contributed by atoms with Gasteiger partial charge < -0.3 is 14.4 Å². The smallest absolute Gasteiger partial charge is 0.219 e. The van der Waals surface area contributed by atoms with Gasteiger partial charge in [-0.2, -0.15) is 0 Å². The van der Waals surface area contributed by atoms with E-state index < -0.39 is 5.60 Å². The highest BCUT2D eigenvalue weighted by atomic mass is 32.1. The fourth-order valence-electron chi connectivity index (χ4n) is 2.94. The molecular weight excluding hydrogens is 290 g/mol. The summed E-state index contributed by atoms with van der Waals surface area (Å²) in [5.41, 5.74) is -0.405. The Balaban J connectivity index is 1.69. The predicted molar refractivity (Wildman–Crippen MR) is 79.1 cm³/mol. The highest BCUT2D eigenvalue weighted by Gasteiger charge is 2.40. The van der Waals surface area contributed by atoms with Crippen LogP contribution < -0.4 is 0 Å². The number of rotatable bonds is 2. The number of thiazole rings is 1. The SMILES string of the molecule is CC(=O)N1CCOC[C@]2(CN(Cc3nccs3)CCO2)C1. The van der Waals surface area contributed by atoms with Crippen molar-refractivity contribution in [3.8, 4) is 0 Å². The van der Waals surface area contributed by atoms with Gasteiger partial charge in [-0.15, -0.1) is 11.3 Å². The number of hydrogen-bond acceptors (Lipinski definition) is 6. The first-order chi connectivity index (χ1) is 10.2. The lowest BCUT2D eigenvalue weighted by Gasteiger charge is -2.43. The Labute approximate surface area is 128 Å². The molecule has 0 aliphatic carbocycles. The second-order valence-electron chi connectivity index (χ2n) is 5.66. The summed E-state index contributed by atoms with van der Waals surface area (Å²) in [5.74, 6) is 0.0838. The van der Waals surface area contributed by atoms with Crippen molar-refractivity contribution in [3.05, 3.63) is 16.6 Å². The van der Waals surface area contributed by atoms with Crippen LogP contribution in [0.3, 0.4) is 0 Å². The summed E-state index contributed by atoms with van der Waals surface area (Å²) >= 11 is 1.67. The van der Waals surface area contributed by atoms with Crippen LogP contribution in [0, 0.1) is 0 Å². The Bertz CT molecular complexity index is 482. The van der Waals surface area contributed by atoms with Gasteiger partial charge in [-0.3, -0.25) is 9.69 Å². The van der Waals surface area contributed by atoms with Crippen LogP contribution in [0.25, 0.3) is 0 Å². The van der Waals surface area contributed by atoms with Gasteiger partial charge in [0, 0.05) is 38.1 Å². The molecule has 0 radical (unpaired) electrons. The Morgan fingerprint density at radius 2 is 2.33 bits per heavy atom. The van der Waals surface area contributed by atoms with E-state index in [1.54, 1.807) is 18.3 Å². The normalized spacial score (nSPS) is 27.8. The molecule has 2 aliphatic rings. The molecule has 1 spiro atoms. The van der Waals surface area contributed by atoms with E-state index in [0.717, 1.165) is 24.6 Å². The fourth-order valence-corrected chi connectivity index (χ4v) is 3.60. The van der Waals surface area contributed by atoms with E-state index in [4.69, 9.17) is 9.47 Å². The summed E-state index contributed by atoms with van der Waals surface area (Å²) in [7, 11) is 0. The van der Waals surface area contributed by atoms with Crippen molar-refractivity contribution in [2.45, 2.75) is 19.1 Å². The zero-order chi connectivity index (χ0) is 14.7. The molecular formula is C14H21N3O3S. The maximum Gasteiger partial charge on any atom is 0.219 e. The first-order valence-corrected chi connectivity index (χ1v) is 8.13. The number of nitrogens with zero attached hydrogens (tertiary/aromatic N) is 3. The minimum Gasteiger partial charge on any atom is -0.376 e. The quantitative estimate of drug-likeness (QED) is 0.800. The minimum absolute atomic E-state index is 0.0838. The third-order valence-electron chi connectivity index (χ3n) is 3.96. The summed E-state index contributed by atoms with van der Waals surface area (Å²) in [6.45, 7) is 7.15. The molecule has 116 valence electrons. The van der Waals surface area contributed by atoms with E-state index in [9.17, 15) is 4.79 Å². The topological polar surface area (TPSA) is 54.9 Å². The molecule has 1 aromatic heterocycles. The highest BCUT2D eigenvalue weighted by Crippen LogP contribution is 2.24. The van der Waals surface area contributed by atoms with Gasteiger partial charge >= 0.3 is 0 Å². The molecule has 7 heteroatoms. The second kappa shape index (κ2) is 6.39. The van der Waals surface area contributed by atoms with Crippen molar-refractivity contribution in [2.24, 2.45) is 0 Å². The van der Waals surface area contributed by atoms with Gasteiger partial charge in [0.05, 0.1) is 32.9 Å². The monoisotopic (exact) mass is 311 g/mol. The van der Waals surface area contributed by atoms with E-state index in [1.165, 1.54) is 0 Å². The molecule has 2 saturated heterocycles. The summed E-state index contributed by atoms with van der Waals surface area (Å²) in [5, 5.41) is 3.11. The zero-order valence-corrected chi connectivity index (χ0v) is 13.1. The molecule has 3 rings (SSSR count). The number of morpholine rings is 1. The van der Waals surface area contributed by atoms with Crippen molar-refractivity contribution >= 4 is 17.2 Å². The van der Waals surface area contributed by atoms with Gasteiger partial charge in [0.2, 0.25) is 5.91 Å². The fraction of sp³-hybridized carbons (Fsp3) is 0.714. The molecule has 21 heavy (non-hydrogen) atoms. The molecule has 1 amide bonds. The van der Waals surface area contributed by atoms with Crippen LogP contribution >= 0.6 is 11.3 Å². The Morgan fingerprint density at radius 3 is 3.10 bits per heavy atom. The lowest BCUT2D eigenvalue weighted by molar-refractivity contribution is -0.151. The Morgan fingerprint density at radius 1 is 1.43 bits per heavy atom. The molecule has 2 aliphatic heterocycles. The molecule has 1 atom stereocenters. The van der Waals surface area contributed by atoms with Crippen LogP contribution in [0.2, 0.25) is 0 Å². The molecule has 2 fully saturated rings. The van der Waals surface area contributed by atoms with Gasteiger partial charge in [0.1, 0.15) is 10.6 Å². The minimum atomic E-state index is -0.405. The lowest BCUT2D eigenvalue weighted by Crippen LogP contribution is -2.58. The van der Waals surface area contributed by atoms with Crippen LogP contribution in [0.5, 0.6) is 0 Å². The molecule has 0 saturated carbocycles. The van der Waals surface area contributed by atoms with Crippen LogP contribution in [0.1, 0.15) is 11.9 Å². The second-order valence-corrected chi connectivity index (χ2v) is 6.64. The summed E-state index contributed by atoms with van der Waals surface area (Å²) in [6.07, 6.45) is 1.84. The van der Waals surface area contributed by atoms with Crippen molar-refractivity contribution in [3.63, 3.8) is 0 Å². The first-order valence-electron chi connectivity index (χ1n) is 7.25. The van der Waals surface area contributed by atoms with Gasteiger partial charge in [0.15, 0.2) is 0 Å². The number of amides is 1. The summed E-state index contributed by atoms with van der Waals surface area (Å²) in [6, 6.07) is 0. The van der Waals surface area contributed by atoms with Crippen molar-refractivity contribution in [2.75, 3.05) is 46.0 Å². The molecule has 0 bridgehead atoms. The average molecular weight is 311 g/mol. The Hall–Kier alpha value is -1.02. The van der Waals surface area contributed by atoms with Crippen molar-refractivity contribution < 1.29 is 14.3 Å². The maximum atomic E-state index is 11.7. The Kier molecular flexibility index (Phi) is 4.54. The summed E-state index contributed by atoms with van der Waals surface area (Å²) < 4.78 is 11.7. The van der Waals surface area contributed by atoms with Crippen LogP contribution in [0.15, 0.2) is 11.6 Å². The zero-order valence-electron chi connectivity index (χ0n) is 12.3. The maximum absolute atomic E-state index is 11.7. The summed E-state index contributed by atoms with van der Waals surface area (Å²) in [4.78, 5) is 20.2. The number of hydrogen-bond donors (Lipinski definition) is 0. The number of carbonyl (C=O) groups is 1. The van der Waals surface area contributed by atoms with Gasteiger partial charge in [-0.05, 0) is 0 Å². The predicted octanol–water partition coefficient (Wildman–Crippen LogP) is 0.593. The van der Waals surface area contributed by atoms with Crippen LogP contribution in [0.4, 0.5) is 0 Å². The molecule has 1 aromatic rings. The largest absolute Gasteiger partial charge is 0.376 e. The third kappa shape index (κ3) is 3.60. The van der Waals surface area contributed by atoms with E-state index >= 15 is 0 Å². The number of carbonyl (C=O) groups excluding carboxylic acids is 1. The number of aromatic nitrogens is 1. The van der Waals surface area contributed by atoms with E-state index in [-0.39, 0.29) is 5.91 Å². The standard InChI is InChI=1S/C14H21N3O3S/c1-12(18)17-4-5-19-11-14(10-17)9-16(3-6-20-14)8-13-15-2-7-21-13/h2,7H,3-6,8-11H2,1H3/t14-/m0/s1. The molecule has 0 aromatic carbocycles. The van der Waals surface area contributed by atoms with Gasteiger partial charge in [0.25, 0.3) is 0 Å². The average Bonchev–Trinajstić information content (AvgIpc) is 2.87. The van der Waals surface area contributed by atoms with Gasteiger partial charge in [-0.1, -0.05) is 0 Å². The van der Waals surface area contributed by atoms with Crippen molar-refractivity contribution in [1.29, 1.82) is 0 Å². The van der Waals surface area contributed by atoms with E-state index in [0.29, 0.717) is 32.9 Å². The van der Waals surface area contributed by atoms with Crippen molar-refractivity contribution in [1.82, 2.24) is 14.8 Å². The third-order valence-corrected chi connectivity index (χ3v) is 4.73. The lowest BCUT2D eigenvalue weighted by atomic mass is 10.0. The van der Waals surface area contributed by atoms with E-state index in [1.807, 2.05) is 16.5 Å². The molecule has 0 N–H and O–H groups in total. The highest BCUT2D eigenvalue weighted by molar-refractivity contribution is 7.09. The first kappa shape index (κ1) is 14.9. The van der Waals surface area contributed by atoms with Crippen LogP contribution in [-0.2, 0) is 20.8 Å².